The van der Waals surface area contributed by atoms with E-state index in [1.54, 1.807) is 12.3 Å². The van der Waals surface area contributed by atoms with Gasteiger partial charge in [0.05, 0.1) is 0 Å². The maximum Gasteiger partial charge on any atom is 0.142 e. The number of nitrogens with zero attached hydrogens (tertiary/aromatic N) is 2. The number of pyridine rings is 1. The summed E-state index contributed by atoms with van der Waals surface area (Å²) in [5, 5.41) is 12.1. The molecule has 0 radical (unpaired) electrons. The van der Waals surface area contributed by atoms with Gasteiger partial charge in [0.1, 0.15) is 11.8 Å². The van der Waals surface area contributed by atoms with Gasteiger partial charge in [0, 0.05) is 17.9 Å². The molecule has 1 unspecified atom stereocenters. The van der Waals surface area contributed by atoms with E-state index in [1.165, 1.54) is 6.42 Å². The lowest BCUT2D eigenvalue weighted by Crippen LogP contribution is -2.08. The second-order valence-electron chi connectivity index (χ2n) is 4.43. The summed E-state index contributed by atoms with van der Waals surface area (Å²) in [6.07, 6.45) is 2.85. The number of aromatic nitrogens is 1. The highest BCUT2D eigenvalue weighted by Gasteiger charge is 2.45. The summed E-state index contributed by atoms with van der Waals surface area (Å²) in [6, 6.07) is 6.25. The zero-order valence-electron chi connectivity index (χ0n) is 8.41. The quantitative estimate of drug-likeness (QED) is 0.771. The van der Waals surface area contributed by atoms with E-state index in [2.05, 4.69) is 24.1 Å². The van der Waals surface area contributed by atoms with Gasteiger partial charge < -0.3 is 5.32 Å². The highest BCUT2D eigenvalue weighted by Crippen LogP contribution is 2.46. The Morgan fingerprint density at radius 2 is 2.36 bits per heavy atom. The Hall–Kier alpha value is -1.56. The molecule has 1 N–H and O–H groups in total. The fourth-order valence-corrected chi connectivity index (χ4v) is 1.50. The molecule has 1 heterocycles. The van der Waals surface area contributed by atoms with Crippen LogP contribution in [0.25, 0.3) is 0 Å². The Bertz CT molecular complexity index is 390. The van der Waals surface area contributed by atoms with Crippen LogP contribution in [0.5, 0.6) is 0 Å². The first-order valence-corrected chi connectivity index (χ1v) is 4.74. The SMILES string of the molecule is CC1(C)CC1Nc1ccnc(C#N)c1. The highest BCUT2D eigenvalue weighted by molar-refractivity contribution is 5.48. The van der Waals surface area contributed by atoms with Gasteiger partial charge in [-0.3, -0.25) is 0 Å². The summed E-state index contributed by atoms with van der Waals surface area (Å²) < 4.78 is 0. The van der Waals surface area contributed by atoms with E-state index in [0.717, 1.165) is 5.69 Å². The average Bonchev–Trinajstić information content (AvgIpc) is 2.74. The Balaban J connectivity index is 2.08. The smallest absolute Gasteiger partial charge is 0.142 e. The molecule has 14 heavy (non-hydrogen) atoms. The predicted molar refractivity (Wildman–Crippen MR) is 54.8 cm³/mol. The van der Waals surface area contributed by atoms with Gasteiger partial charge in [-0.15, -0.1) is 0 Å². The molecule has 1 aromatic heterocycles. The van der Waals surface area contributed by atoms with E-state index < -0.39 is 0 Å². The van der Waals surface area contributed by atoms with Crippen molar-refractivity contribution < 1.29 is 0 Å². The van der Waals surface area contributed by atoms with Crippen molar-refractivity contribution in [2.75, 3.05) is 5.32 Å². The summed E-state index contributed by atoms with van der Waals surface area (Å²) in [5.74, 6) is 0. The highest BCUT2D eigenvalue weighted by atomic mass is 15.0. The minimum atomic E-state index is 0.399. The van der Waals surface area contributed by atoms with Crippen LogP contribution in [0, 0.1) is 16.7 Å². The molecule has 0 spiro atoms. The molecule has 1 aromatic rings. The van der Waals surface area contributed by atoms with E-state index >= 15 is 0 Å². The van der Waals surface area contributed by atoms with Crippen molar-refractivity contribution in [2.45, 2.75) is 26.3 Å². The monoisotopic (exact) mass is 187 g/mol. The number of hydrogen-bond acceptors (Lipinski definition) is 3. The molecular formula is C11H13N3. The number of nitrogens with one attached hydrogen (secondary N) is 1. The van der Waals surface area contributed by atoms with E-state index in [-0.39, 0.29) is 0 Å². The summed E-state index contributed by atoms with van der Waals surface area (Å²) in [7, 11) is 0. The molecular weight excluding hydrogens is 174 g/mol. The second-order valence-corrected chi connectivity index (χ2v) is 4.43. The largest absolute Gasteiger partial charge is 0.382 e. The Kier molecular flexibility index (Phi) is 1.92. The molecule has 0 saturated heterocycles. The van der Waals surface area contributed by atoms with E-state index in [4.69, 9.17) is 5.26 Å². The van der Waals surface area contributed by atoms with Gasteiger partial charge in [-0.2, -0.15) is 5.26 Å². The van der Waals surface area contributed by atoms with E-state index in [9.17, 15) is 0 Å². The third-order valence-corrected chi connectivity index (χ3v) is 2.73. The van der Waals surface area contributed by atoms with Gasteiger partial charge in [-0.1, -0.05) is 13.8 Å². The second kappa shape index (κ2) is 2.98. The lowest BCUT2D eigenvalue weighted by Gasteiger charge is -2.07. The molecule has 1 aliphatic carbocycles. The lowest BCUT2D eigenvalue weighted by molar-refractivity contribution is 0.630. The topological polar surface area (TPSA) is 48.7 Å². The van der Waals surface area contributed by atoms with Crippen LogP contribution in [0.2, 0.25) is 0 Å². The minimum Gasteiger partial charge on any atom is -0.382 e. The van der Waals surface area contributed by atoms with Crippen molar-refractivity contribution in [3.63, 3.8) is 0 Å². The first kappa shape index (κ1) is 9.01. The normalized spacial score (nSPS) is 22.5. The summed E-state index contributed by atoms with van der Waals surface area (Å²) in [4.78, 5) is 3.92. The van der Waals surface area contributed by atoms with Gasteiger partial charge in [-0.25, -0.2) is 4.98 Å². The number of hydrogen-bond donors (Lipinski definition) is 1. The number of nitriles is 1. The van der Waals surface area contributed by atoms with Crippen molar-refractivity contribution >= 4 is 5.69 Å². The zero-order valence-corrected chi connectivity index (χ0v) is 8.41. The predicted octanol–water partition coefficient (Wildman–Crippen LogP) is 2.16. The van der Waals surface area contributed by atoms with Crippen molar-refractivity contribution in [1.29, 1.82) is 5.26 Å². The third-order valence-electron chi connectivity index (χ3n) is 2.73. The maximum atomic E-state index is 8.67. The van der Waals surface area contributed by atoms with Gasteiger partial charge in [0.2, 0.25) is 0 Å². The van der Waals surface area contributed by atoms with Crippen LogP contribution in [0.15, 0.2) is 18.3 Å². The van der Waals surface area contributed by atoms with Crippen LogP contribution >= 0.6 is 0 Å². The molecule has 0 aromatic carbocycles. The molecule has 0 aliphatic heterocycles. The standard InChI is InChI=1S/C11H13N3/c1-11(2)6-10(11)14-8-3-4-13-9(5-8)7-12/h3-5,10H,6H2,1-2H3,(H,13,14). The molecule has 1 aliphatic rings. The van der Waals surface area contributed by atoms with Crippen molar-refractivity contribution in [3.8, 4) is 6.07 Å². The van der Waals surface area contributed by atoms with Crippen molar-refractivity contribution in [3.05, 3.63) is 24.0 Å². The van der Waals surface area contributed by atoms with Crippen LogP contribution in [0.1, 0.15) is 26.0 Å². The molecule has 1 atom stereocenters. The fourth-order valence-electron chi connectivity index (χ4n) is 1.50. The number of anilines is 1. The molecule has 3 nitrogen and oxygen atoms in total. The lowest BCUT2D eigenvalue weighted by atomic mass is 10.2. The summed E-state index contributed by atoms with van der Waals surface area (Å²) in [6.45, 7) is 4.47. The Morgan fingerprint density at radius 1 is 1.64 bits per heavy atom. The summed E-state index contributed by atoms with van der Waals surface area (Å²) >= 11 is 0. The van der Waals surface area contributed by atoms with Gasteiger partial charge in [0.25, 0.3) is 0 Å². The van der Waals surface area contributed by atoms with E-state index in [1.807, 2.05) is 12.1 Å². The molecule has 72 valence electrons. The summed E-state index contributed by atoms with van der Waals surface area (Å²) in [5.41, 5.74) is 1.86. The molecule has 0 amide bonds. The van der Waals surface area contributed by atoms with Crippen molar-refractivity contribution in [1.82, 2.24) is 4.98 Å². The molecule has 3 heteroatoms. The minimum absolute atomic E-state index is 0.399. The van der Waals surface area contributed by atoms with Gasteiger partial charge >= 0.3 is 0 Å². The maximum absolute atomic E-state index is 8.67. The van der Waals surface area contributed by atoms with Crippen LogP contribution < -0.4 is 5.32 Å². The van der Waals surface area contributed by atoms with Gasteiger partial charge in [0.15, 0.2) is 0 Å². The molecule has 1 saturated carbocycles. The Morgan fingerprint density at radius 3 is 2.93 bits per heavy atom. The van der Waals surface area contributed by atoms with Gasteiger partial charge in [-0.05, 0) is 24.0 Å². The van der Waals surface area contributed by atoms with Crippen LogP contribution in [-0.2, 0) is 0 Å². The zero-order chi connectivity index (χ0) is 10.2. The van der Waals surface area contributed by atoms with Crippen molar-refractivity contribution in [2.24, 2.45) is 5.41 Å². The average molecular weight is 187 g/mol. The van der Waals surface area contributed by atoms with Crippen LogP contribution in [0.3, 0.4) is 0 Å². The molecule has 2 rings (SSSR count). The van der Waals surface area contributed by atoms with E-state index in [0.29, 0.717) is 17.2 Å². The first-order valence-electron chi connectivity index (χ1n) is 4.74. The molecule has 0 bridgehead atoms. The molecule has 1 fully saturated rings. The van der Waals surface area contributed by atoms with Crippen LogP contribution in [-0.4, -0.2) is 11.0 Å². The Labute approximate surface area is 83.8 Å². The van der Waals surface area contributed by atoms with Crippen LogP contribution in [0.4, 0.5) is 5.69 Å². The number of rotatable bonds is 2. The third kappa shape index (κ3) is 1.69. The fraction of sp³-hybridized carbons (Fsp3) is 0.455. The first-order chi connectivity index (χ1) is 6.62.